The Morgan fingerprint density at radius 1 is 0.441 bits per heavy atom. The molecule has 4 rings (SSSR count). The maximum absolute atomic E-state index is 11.6. The number of esters is 2. The van der Waals surface area contributed by atoms with Crippen LogP contribution in [0.15, 0.2) is 121 Å². The highest BCUT2D eigenvalue weighted by atomic mass is 16.5. The smallest absolute Gasteiger partial charge is 0.338 e. The highest BCUT2D eigenvalue weighted by Crippen LogP contribution is 2.05. The average Bonchev–Trinajstić information content (AvgIpc) is 2.91. The van der Waals surface area contributed by atoms with E-state index in [0.29, 0.717) is 24.3 Å². The van der Waals surface area contributed by atoms with Crippen LogP contribution in [0, 0.1) is 0 Å². The fraction of sp³-hybridized carbons (Fsp3) is 0.133. The van der Waals surface area contributed by atoms with Crippen molar-refractivity contribution in [2.24, 2.45) is 0 Å². The SMILES string of the molecule is O=C(OCCc1ccccc1)c1ccccc1.O=C(OCCc1ccccc1)c1ccccc1. The van der Waals surface area contributed by atoms with E-state index in [1.807, 2.05) is 97.1 Å². The molecule has 4 nitrogen and oxygen atoms in total. The van der Waals surface area contributed by atoms with Crippen LogP contribution in [0.1, 0.15) is 31.8 Å². The molecule has 0 fully saturated rings. The van der Waals surface area contributed by atoms with E-state index in [2.05, 4.69) is 0 Å². The minimum absolute atomic E-state index is 0.262. The maximum Gasteiger partial charge on any atom is 0.338 e. The van der Waals surface area contributed by atoms with Crippen LogP contribution >= 0.6 is 0 Å². The van der Waals surface area contributed by atoms with Gasteiger partial charge in [-0.2, -0.15) is 0 Å². The molecule has 0 aliphatic carbocycles. The predicted molar refractivity (Wildman–Crippen MR) is 134 cm³/mol. The van der Waals surface area contributed by atoms with E-state index in [0.717, 1.165) is 12.8 Å². The standard InChI is InChI=1S/2C15H14O2/c2*16-15(14-9-5-2-6-10-14)17-12-11-13-7-3-1-4-8-13/h2*1-10H,11-12H2. The molecule has 0 saturated heterocycles. The minimum Gasteiger partial charge on any atom is -0.462 e. The summed E-state index contributed by atoms with van der Waals surface area (Å²) < 4.78 is 10.4. The van der Waals surface area contributed by atoms with Crippen molar-refractivity contribution in [1.82, 2.24) is 0 Å². The summed E-state index contributed by atoms with van der Waals surface area (Å²) in [5, 5.41) is 0. The summed E-state index contributed by atoms with van der Waals surface area (Å²) in [4.78, 5) is 23.2. The first kappa shape index (κ1) is 24.5. The summed E-state index contributed by atoms with van der Waals surface area (Å²) in [6, 6.07) is 38.0. The number of carbonyl (C=O) groups is 2. The van der Waals surface area contributed by atoms with Crippen LogP contribution in [0.25, 0.3) is 0 Å². The van der Waals surface area contributed by atoms with Gasteiger partial charge in [0, 0.05) is 12.8 Å². The number of carbonyl (C=O) groups excluding carboxylic acids is 2. The second kappa shape index (κ2) is 14.1. The van der Waals surface area contributed by atoms with E-state index in [1.54, 1.807) is 24.3 Å². The van der Waals surface area contributed by atoms with Crippen LogP contribution in [0.5, 0.6) is 0 Å². The van der Waals surface area contributed by atoms with E-state index < -0.39 is 0 Å². The van der Waals surface area contributed by atoms with Gasteiger partial charge in [0.15, 0.2) is 0 Å². The molecular weight excluding hydrogens is 424 g/mol. The number of ether oxygens (including phenoxy) is 2. The lowest BCUT2D eigenvalue weighted by Crippen LogP contribution is -2.07. The van der Waals surface area contributed by atoms with Gasteiger partial charge in [-0.25, -0.2) is 9.59 Å². The van der Waals surface area contributed by atoms with Gasteiger partial charge >= 0.3 is 11.9 Å². The van der Waals surface area contributed by atoms with Gasteiger partial charge in [-0.15, -0.1) is 0 Å². The first-order chi connectivity index (χ1) is 16.7. The molecule has 34 heavy (non-hydrogen) atoms. The minimum atomic E-state index is -0.262. The molecule has 0 atom stereocenters. The first-order valence-electron chi connectivity index (χ1n) is 11.2. The summed E-state index contributed by atoms with van der Waals surface area (Å²) in [6.07, 6.45) is 1.50. The third-order valence-corrected chi connectivity index (χ3v) is 4.95. The molecule has 0 aliphatic rings. The van der Waals surface area contributed by atoms with Gasteiger partial charge in [-0.3, -0.25) is 0 Å². The first-order valence-corrected chi connectivity index (χ1v) is 11.2. The molecule has 0 unspecified atom stereocenters. The highest BCUT2D eigenvalue weighted by Gasteiger charge is 2.06. The zero-order chi connectivity index (χ0) is 23.8. The Kier molecular flexibility index (Phi) is 10.1. The van der Waals surface area contributed by atoms with Crippen molar-refractivity contribution >= 4 is 11.9 Å². The Labute approximate surface area is 200 Å². The van der Waals surface area contributed by atoms with Crippen LogP contribution in [-0.4, -0.2) is 25.2 Å². The van der Waals surface area contributed by atoms with Gasteiger partial charge in [0.05, 0.1) is 24.3 Å². The lowest BCUT2D eigenvalue weighted by molar-refractivity contribution is 0.0500. The lowest BCUT2D eigenvalue weighted by atomic mass is 10.2. The topological polar surface area (TPSA) is 52.6 Å². The summed E-state index contributed by atoms with van der Waals surface area (Å²) in [7, 11) is 0. The van der Waals surface area contributed by atoms with E-state index in [4.69, 9.17) is 9.47 Å². The van der Waals surface area contributed by atoms with E-state index in [-0.39, 0.29) is 11.9 Å². The van der Waals surface area contributed by atoms with Crippen molar-refractivity contribution in [2.75, 3.05) is 13.2 Å². The highest BCUT2D eigenvalue weighted by molar-refractivity contribution is 5.89. The quantitative estimate of drug-likeness (QED) is 0.300. The maximum atomic E-state index is 11.6. The molecule has 4 aromatic rings. The van der Waals surface area contributed by atoms with Crippen LogP contribution in [-0.2, 0) is 22.3 Å². The Balaban J connectivity index is 0.000000191. The molecule has 0 amide bonds. The third kappa shape index (κ3) is 8.75. The number of hydrogen-bond acceptors (Lipinski definition) is 4. The fourth-order valence-electron chi connectivity index (χ4n) is 3.13. The molecule has 4 heteroatoms. The van der Waals surface area contributed by atoms with Crippen molar-refractivity contribution in [3.05, 3.63) is 144 Å². The lowest BCUT2D eigenvalue weighted by Gasteiger charge is -2.04. The van der Waals surface area contributed by atoms with E-state index in [9.17, 15) is 9.59 Å². The Hall–Kier alpha value is -4.18. The molecule has 0 radical (unpaired) electrons. The van der Waals surface area contributed by atoms with Gasteiger partial charge in [0.2, 0.25) is 0 Å². The van der Waals surface area contributed by atoms with Crippen LogP contribution in [0.4, 0.5) is 0 Å². The van der Waals surface area contributed by atoms with Gasteiger partial charge < -0.3 is 9.47 Å². The molecule has 0 heterocycles. The van der Waals surface area contributed by atoms with Gasteiger partial charge in [-0.05, 0) is 35.4 Å². The van der Waals surface area contributed by atoms with Crippen LogP contribution in [0.3, 0.4) is 0 Å². The number of benzene rings is 4. The van der Waals surface area contributed by atoms with Gasteiger partial charge in [-0.1, -0.05) is 97.1 Å². The molecule has 0 aliphatic heterocycles. The molecule has 0 bridgehead atoms. The molecular formula is C30H28O4. The second-order valence-electron chi connectivity index (χ2n) is 7.48. The molecule has 4 aromatic carbocycles. The molecule has 0 spiro atoms. The van der Waals surface area contributed by atoms with E-state index in [1.165, 1.54) is 11.1 Å². The van der Waals surface area contributed by atoms with Gasteiger partial charge in [0.25, 0.3) is 0 Å². The normalized spacial score (nSPS) is 9.88. The van der Waals surface area contributed by atoms with Gasteiger partial charge in [0.1, 0.15) is 0 Å². The summed E-state index contributed by atoms with van der Waals surface area (Å²) in [5.74, 6) is -0.525. The molecule has 0 N–H and O–H groups in total. The van der Waals surface area contributed by atoms with Crippen molar-refractivity contribution in [1.29, 1.82) is 0 Å². The second-order valence-corrected chi connectivity index (χ2v) is 7.48. The van der Waals surface area contributed by atoms with Crippen molar-refractivity contribution in [3.8, 4) is 0 Å². The predicted octanol–water partition coefficient (Wildman–Crippen LogP) is 6.17. The number of rotatable bonds is 8. The van der Waals surface area contributed by atoms with Crippen molar-refractivity contribution in [2.45, 2.75) is 12.8 Å². The Bertz CT molecular complexity index is 1020. The Morgan fingerprint density at radius 3 is 1.06 bits per heavy atom. The third-order valence-electron chi connectivity index (χ3n) is 4.95. The zero-order valence-electron chi connectivity index (χ0n) is 19.0. The molecule has 172 valence electrons. The summed E-state index contributed by atoms with van der Waals surface area (Å²) >= 11 is 0. The summed E-state index contributed by atoms with van der Waals surface area (Å²) in [6.45, 7) is 0.829. The van der Waals surface area contributed by atoms with Crippen molar-refractivity contribution < 1.29 is 19.1 Å². The van der Waals surface area contributed by atoms with Crippen molar-refractivity contribution in [3.63, 3.8) is 0 Å². The molecule has 0 saturated carbocycles. The summed E-state index contributed by atoms with van der Waals surface area (Å²) in [5.41, 5.74) is 3.54. The Morgan fingerprint density at radius 2 is 0.735 bits per heavy atom. The van der Waals surface area contributed by atoms with Crippen LogP contribution < -0.4 is 0 Å². The largest absolute Gasteiger partial charge is 0.462 e. The zero-order valence-corrected chi connectivity index (χ0v) is 19.0. The fourth-order valence-corrected chi connectivity index (χ4v) is 3.13. The average molecular weight is 453 g/mol. The van der Waals surface area contributed by atoms with E-state index >= 15 is 0 Å². The number of hydrogen-bond donors (Lipinski definition) is 0. The van der Waals surface area contributed by atoms with Crippen LogP contribution in [0.2, 0.25) is 0 Å². The molecule has 0 aromatic heterocycles. The monoisotopic (exact) mass is 452 g/mol.